The van der Waals surface area contributed by atoms with E-state index in [1.54, 1.807) is 11.4 Å². The minimum absolute atomic E-state index is 0.00570. The number of aliphatic hydroxyl groups is 1. The summed E-state index contributed by atoms with van der Waals surface area (Å²) in [5.74, 6) is 0.587. The van der Waals surface area contributed by atoms with Crippen molar-refractivity contribution in [3.63, 3.8) is 0 Å². The Hall–Kier alpha value is -2.02. The first-order valence-corrected chi connectivity index (χ1v) is 8.30. The van der Waals surface area contributed by atoms with Crippen LogP contribution in [0.15, 0.2) is 6.33 Å². The van der Waals surface area contributed by atoms with Crippen molar-refractivity contribution in [3.8, 4) is 0 Å². The molecule has 2 rings (SSSR count). The number of carbonyl (C=O) groups is 1. The minimum Gasteiger partial charge on any atom is -0.393 e. The van der Waals surface area contributed by atoms with Crippen molar-refractivity contribution in [2.24, 2.45) is 5.41 Å². The van der Waals surface area contributed by atoms with Crippen molar-refractivity contribution < 1.29 is 9.90 Å². The average Bonchev–Trinajstić information content (AvgIpc) is 2.92. The van der Waals surface area contributed by atoms with Gasteiger partial charge in [-0.25, -0.2) is 9.50 Å². The van der Waals surface area contributed by atoms with Crippen LogP contribution in [-0.2, 0) is 11.2 Å². The van der Waals surface area contributed by atoms with Gasteiger partial charge in [0.15, 0.2) is 0 Å². The zero-order chi connectivity index (χ0) is 17.9. The van der Waals surface area contributed by atoms with Crippen LogP contribution in [0.25, 0.3) is 5.78 Å². The number of hydrogen-bond donors (Lipinski definition) is 2. The van der Waals surface area contributed by atoms with Gasteiger partial charge in [-0.3, -0.25) is 4.79 Å². The lowest BCUT2D eigenvalue weighted by atomic mass is 9.87. The van der Waals surface area contributed by atoms with Crippen molar-refractivity contribution in [2.75, 3.05) is 6.54 Å². The van der Waals surface area contributed by atoms with Gasteiger partial charge < -0.3 is 10.4 Å². The first-order valence-electron chi connectivity index (χ1n) is 8.30. The fourth-order valence-electron chi connectivity index (χ4n) is 3.05. The predicted molar refractivity (Wildman–Crippen MR) is 91.7 cm³/mol. The Morgan fingerprint density at radius 2 is 2.12 bits per heavy atom. The van der Waals surface area contributed by atoms with E-state index in [4.69, 9.17) is 0 Å². The SMILES string of the molecule is Cc1nc2ncnn2c(C)c1CCC(=O)NCC(C)(C)CC(C)O. The largest absolute Gasteiger partial charge is 0.393 e. The van der Waals surface area contributed by atoms with Crippen molar-refractivity contribution in [1.29, 1.82) is 0 Å². The highest BCUT2D eigenvalue weighted by Crippen LogP contribution is 2.21. The molecule has 0 aliphatic rings. The topological polar surface area (TPSA) is 92.4 Å². The number of nitrogens with zero attached hydrogens (tertiary/aromatic N) is 4. The van der Waals surface area contributed by atoms with Gasteiger partial charge in [0, 0.05) is 24.4 Å². The highest BCUT2D eigenvalue weighted by Gasteiger charge is 2.21. The lowest BCUT2D eigenvalue weighted by Gasteiger charge is -2.26. The molecule has 0 aromatic carbocycles. The predicted octanol–water partition coefficient (Wildman–Crippen LogP) is 1.59. The number of hydrogen-bond acceptors (Lipinski definition) is 5. The van der Waals surface area contributed by atoms with Crippen LogP contribution in [0.2, 0.25) is 0 Å². The molecule has 132 valence electrons. The number of fused-ring (bicyclic) bond motifs is 1. The van der Waals surface area contributed by atoms with E-state index in [2.05, 4.69) is 20.4 Å². The van der Waals surface area contributed by atoms with Crippen molar-refractivity contribution >= 4 is 11.7 Å². The van der Waals surface area contributed by atoms with E-state index in [0.717, 1.165) is 17.0 Å². The molecular formula is C17H27N5O2. The van der Waals surface area contributed by atoms with Gasteiger partial charge in [-0.2, -0.15) is 10.1 Å². The fraction of sp³-hybridized carbons (Fsp3) is 0.647. The molecule has 0 saturated heterocycles. The molecule has 2 aromatic heterocycles. The minimum atomic E-state index is -0.373. The maximum atomic E-state index is 12.2. The van der Waals surface area contributed by atoms with Crippen LogP contribution in [0.3, 0.4) is 0 Å². The quantitative estimate of drug-likeness (QED) is 0.803. The molecule has 0 fully saturated rings. The summed E-state index contributed by atoms with van der Waals surface area (Å²) in [4.78, 5) is 20.7. The second-order valence-corrected chi connectivity index (χ2v) is 7.23. The Labute approximate surface area is 142 Å². The van der Waals surface area contributed by atoms with E-state index in [1.165, 1.54) is 6.33 Å². The average molecular weight is 333 g/mol. The van der Waals surface area contributed by atoms with E-state index in [9.17, 15) is 9.90 Å². The second kappa shape index (κ2) is 7.25. The molecule has 0 aliphatic heterocycles. The number of rotatable bonds is 7. The summed E-state index contributed by atoms with van der Waals surface area (Å²) in [6.07, 6.45) is 2.77. The molecule has 2 heterocycles. The van der Waals surface area contributed by atoms with Crippen molar-refractivity contribution in [3.05, 3.63) is 23.3 Å². The lowest BCUT2D eigenvalue weighted by molar-refractivity contribution is -0.121. The Balaban J connectivity index is 1.95. The molecule has 7 heteroatoms. The molecule has 1 unspecified atom stereocenters. The summed E-state index contributed by atoms with van der Waals surface area (Å²) < 4.78 is 1.70. The second-order valence-electron chi connectivity index (χ2n) is 7.23. The van der Waals surface area contributed by atoms with Gasteiger partial charge in [-0.05, 0) is 44.6 Å². The third-order valence-corrected chi connectivity index (χ3v) is 4.20. The molecular weight excluding hydrogens is 306 g/mol. The van der Waals surface area contributed by atoms with Crippen LogP contribution < -0.4 is 5.32 Å². The summed E-state index contributed by atoms with van der Waals surface area (Å²) in [7, 11) is 0. The molecule has 1 amide bonds. The standard InChI is InChI=1S/C17H27N5O2/c1-11(23)8-17(4,5)9-18-15(24)7-6-14-12(2)21-16-19-10-20-22(16)13(14)3/h10-11,23H,6-9H2,1-5H3,(H,18,24). The maximum Gasteiger partial charge on any atom is 0.252 e. The Bertz CT molecular complexity index is 721. The van der Waals surface area contributed by atoms with Crippen molar-refractivity contribution in [2.45, 2.75) is 60.0 Å². The Morgan fingerprint density at radius 1 is 1.42 bits per heavy atom. The number of amides is 1. The molecule has 24 heavy (non-hydrogen) atoms. The number of aliphatic hydroxyl groups excluding tert-OH is 1. The Kier molecular flexibility index (Phi) is 5.54. The van der Waals surface area contributed by atoms with Crippen molar-refractivity contribution in [1.82, 2.24) is 24.9 Å². The van der Waals surface area contributed by atoms with Crippen LogP contribution in [0.4, 0.5) is 0 Å². The number of nitrogens with one attached hydrogen (secondary N) is 1. The van der Waals surface area contributed by atoms with Crippen LogP contribution in [0.5, 0.6) is 0 Å². The van der Waals surface area contributed by atoms with Gasteiger partial charge in [0.25, 0.3) is 5.78 Å². The highest BCUT2D eigenvalue weighted by atomic mass is 16.3. The van der Waals surface area contributed by atoms with E-state index < -0.39 is 0 Å². The third kappa shape index (κ3) is 4.50. The smallest absolute Gasteiger partial charge is 0.252 e. The molecule has 0 saturated carbocycles. The Morgan fingerprint density at radius 3 is 2.79 bits per heavy atom. The van der Waals surface area contributed by atoms with Gasteiger partial charge in [0.2, 0.25) is 5.91 Å². The van der Waals surface area contributed by atoms with E-state index in [-0.39, 0.29) is 17.4 Å². The monoisotopic (exact) mass is 333 g/mol. The number of carbonyl (C=O) groups excluding carboxylic acids is 1. The van der Waals surface area contributed by atoms with Crippen LogP contribution in [0.1, 0.15) is 50.6 Å². The molecule has 0 aliphatic carbocycles. The molecule has 0 spiro atoms. The van der Waals surface area contributed by atoms with E-state index >= 15 is 0 Å². The molecule has 2 aromatic rings. The zero-order valence-electron chi connectivity index (χ0n) is 15.1. The molecule has 7 nitrogen and oxygen atoms in total. The third-order valence-electron chi connectivity index (χ3n) is 4.20. The first-order chi connectivity index (χ1) is 11.2. The van der Waals surface area contributed by atoms with Crippen LogP contribution >= 0.6 is 0 Å². The lowest BCUT2D eigenvalue weighted by Crippen LogP contribution is -2.35. The first kappa shape index (κ1) is 18.3. The van der Waals surface area contributed by atoms with Gasteiger partial charge >= 0.3 is 0 Å². The summed E-state index contributed by atoms with van der Waals surface area (Å²) >= 11 is 0. The maximum absolute atomic E-state index is 12.2. The highest BCUT2D eigenvalue weighted by molar-refractivity contribution is 5.76. The summed E-state index contributed by atoms with van der Waals surface area (Å²) in [6.45, 7) is 10.3. The summed E-state index contributed by atoms with van der Waals surface area (Å²) in [5, 5.41) is 16.6. The van der Waals surface area contributed by atoms with E-state index in [1.807, 2.05) is 27.7 Å². The molecule has 1 atom stereocenters. The zero-order valence-corrected chi connectivity index (χ0v) is 15.1. The van der Waals surface area contributed by atoms with E-state index in [0.29, 0.717) is 31.6 Å². The summed E-state index contributed by atoms with van der Waals surface area (Å²) in [5.41, 5.74) is 2.76. The molecule has 0 bridgehead atoms. The summed E-state index contributed by atoms with van der Waals surface area (Å²) in [6, 6.07) is 0. The van der Waals surface area contributed by atoms with Crippen LogP contribution in [0, 0.1) is 19.3 Å². The number of aromatic nitrogens is 4. The number of aryl methyl sites for hydroxylation is 2. The van der Waals surface area contributed by atoms with Gasteiger partial charge in [-0.15, -0.1) is 0 Å². The van der Waals surface area contributed by atoms with Gasteiger partial charge in [-0.1, -0.05) is 13.8 Å². The van der Waals surface area contributed by atoms with Gasteiger partial charge in [0.05, 0.1) is 6.10 Å². The fourth-order valence-corrected chi connectivity index (χ4v) is 3.05. The molecule has 0 radical (unpaired) electrons. The normalized spacial score (nSPS) is 13.2. The van der Waals surface area contributed by atoms with Gasteiger partial charge in [0.1, 0.15) is 6.33 Å². The van der Waals surface area contributed by atoms with Crippen LogP contribution in [-0.4, -0.2) is 43.2 Å². The molecule has 2 N–H and O–H groups in total.